The maximum Gasteiger partial charge on any atom is 0.490 e. The van der Waals surface area contributed by atoms with E-state index in [1.54, 1.807) is 16.8 Å². The molecule has 13 heteroatoms. The lowest BCUT2D eigenvalue weighted by molar-refractivity contribution is -0.192. The van der Waals surface area contributed by atoms with Gasteiger partial charge in [0.2, 0.25) is 0 Å². The number of halogens is 5. The number of hydrogen-bond donors (Lipinski definition) is 3. The van der Waals surface area contributed by atoms with Crippen LogP contribution in [0.4, 0.5) is 13.2 Å². The Morgan fingerprint density at radius 2 is 1.84 bits per heavy atom. The van der Waals surface area contributed by atoms with E-state index in [-0.39, 0.29) is 5.91 Å². The molecular weight excluding hydrogens is 462 g/mol. The summed E-state index contributed by atoms with van der Waals surface area (Å²) in [6.07, 6.45) is 0.606. The van der Waals surface area contributed by atoms with E-state index in [4.69, 9.17) is 38.8 Å². The van der Waals surface area contributed by atoms with Crippen molar-refractivity contribution in [2.75, 3.05) is 13.1 Å². The molecule has 3 aromatic rings. The number of carboxylic acid groups (broad SMARTS) is 1. The zero-order valence-corrected chi connectivity index (χ0v) is 17.2. The van der Waals surface area contributed by atoms with Gasteiger partial charge in [-0.15, -0.1) is 0 Å². The summed E-state index contributed by atoms with van der Waals surface area (Å²) in [5, 5.41) is 15.1. The van der Waals surface area contributed by atoms with Crippen LogP contribution in [-0.4, -0.2) is 50.8 Å². The van der Waals surface area contributed by atoms with Crippen LogP contribution < -0.4 is 11.1 Å². The van der Waals surface area contributed by atoms with Crippen LogP contribution in [0.3, 0.4) is 0 Å². The van der Waals surface area contributed by atoms with Gasteiger partial charge in [0.25, 0.3) is 5.91 Å². The maximum absolute atomic E-state index is 12.0. The van der Waals surface area contributed by atoms with E-state index in [1.165, 1.54) is 6.20 Å². The van der Waals surface area contributed by atoms with Crippen LogP contribution in [0.5, 0.6) is 0 Å². The lowest BCUT2D eigenvalue weighted by atomic mass is 10.1. The van der Waals surface area contributed by atoms with Gasteiger partial charge in [-0.2, -0.15) is 18.3 Å². The van der Waals surface area contributed by atoms with Crippen molar-refractivity contribution in [2.45, 2.75) is 12.6 Å². The molecule has 31 heavy (non-hydrogen) atoms. The van der Waals surface area contributed by atoms with Gasteiger partial charge in [-0.25, -0.2) is 14.3 Å². The Kier molecular flexibility index (Phi) is 8.20. The Labute approximate surface area is 183 Å². The fourth-order valence-corrected chi connectivity index (χ4v) is 2.65. The number of benzene rings is 1. The van der Waals surface area contributed by atoms with Gasteiger partial charge in [0.15, 0.2) is 5.65 Å². The fourth-order valence-electron chi connectivity index (χ4n) is 2.33. The fraction of sp³-hybridized carbons (Fsp3) is 0.222. The first-order valence-electron chi connectivity index (χ1n) is 8.57. The first-order valence-corrected chi connectivity index (χ1v) is 9.33. The lowest BCUT2D eigenvalue weighted by Crippen LogP contribution is -2.28. The van der Waals surface area contributed by atoms with E-state index >= 15 is 0 Å². The third kappa shape index (κ3) is 6.81. The first kappa shape index (κ1) is 24.4. The number of aliphatic carboxylic acids is 1. The summed E-state index contributed by atoms with van der Waals surface area (Å²) in [5.41, 5.74) is 8.27. The largest absolute Gasteiger partial charge is 0.490 e. The summed E-state index contributed by atoms with van der Waals surface area (Å²) in [6.45, 7) is 0.789. The molecule has 0 aliphatic heterocycles. The molecule has 0 aliphatic rings. The van der Waals surface area contributed by atoms with Gasteiger partial charge in [0.05, 0.1) is 16.2 Å². The number of rotatable bonds is 5. The number of hydrogen-bond acceptors (Lipinski definition) is 5. The van der Waals surface area contributed by atoms with Crippen LogP contribution in [0, 0.1) is 0 Å². The van der Waals surface area contributed by atoms with Crippen LogP contribution >= 0.6 is 23.2 Å². The van der Waals surface area contributed by atoms with Crippen molar-refractivity contribution in [1.29, 1.82) is 0 Å². The number of carbonyl (C=O) groups is 2. The molecule has 4 N–H and O–H groups in total. The SMILES string of the molecule is NCCNC(=O)c1cnn2cc(Cc3ccc(Cl)c(Cl)c3)cnc12.O=C(O)C(F)(F)F. The molecule has 0 saturated carbocycles. The van der Waals surface area contributed by atoms with Crippen molar-refractivity contribution in [3.63, 3.8) is 0 Å². The number of nitrogens with two attached hydrogens (primary N) is 1. The van der Waals surface area contributed by atoms with Crippen molar-refractivity contribution in [3.8, 4) is 0 Å². The number of nitrogens with zero attached hydrogens (tertiary/aromatic N) is 3. The number of carboxylic acids is 1. The average molecular weight is 478 g/mol. The highest BCUT2D eigenvalue weighted by Crippen LogP contribution is 2.24. The molecule has 1 aromatic carbocycles. The highest BCUT2D eigenvalue weighted by Gasteiger charge is 2.38. The van der Waals surface area contributed by atoms with Crippen LogP contribution in [-0.2, 0) is 11.2 Å². The molecule has 0 fully saturated rings. The highest BCUT2D eigenvalue weighted by molar-refractivity contribution is 6.42. The Morgan fingerprint density at radius 3 is 2.42 bits per heavy atom. The normalized spacial score (nSPS) is 11.0. The number of amides is 1. The molecule has 2 heterocycles. The van der Waals surface area contributed by atoms with E-state index in [2.05, 4.69) is 15.4 Å². The molecule has 0 saturated heterocycles. The summed E-state index contributed by atoms with van der Waals surface area (Å²) in [4.78, 5) is 25.3. The third-order valence-corrected chi connectivity index (χ3v) is 4.46. The number of fused-ring (bicyclic) bond motifs is 1. The van der Waals surface area contributed by atoms with E-state index in [0.717, 1.165) is 11.1 Å². The number of carbonyl (C=O) groups excluding carboxylic acids is 1. The van der Waals surface area contributed by atoms with E-state index in [0.29, 0.717) is 40.8 Å². The molecule has 0 spiro atoms. The molecule has 2 aromatic heterocycles. The summed E-state index contributed by atoms with van der Waals surface area (Å²) >= 11 is 12.0. The van der Waals surface area contributed by atoms with Gasteiger partial charge in [-0.3, -0.25) is 4.79 Å². The van der Waals surface area contributed by atoms with E-state index in [1.807, 2.05) is 18.3 Å². The smallest absolute Gasteiger partial charge is 0.475 e. The molecule has 0 aliphatic carbocycles. The van der Waals surface area contributed by atoms with Gasteiger partial charge in [0, 0.05) is 31.9 Å². The predicted molar refractivity (Wildman–Crippen MR) is 107 cm³/mol. The van der Waals surface area contributed by atoms with Gasteiger partial charge < -0.3 is 16.2 Å². The summed E-state index contributed by atoms with van der Waals surface area (Å²) in [6, 6.07) is 5.50. The van der Waals surface area contributed by atoms with Crippen LogP contribution in [0.15, 0.2) is 36.8 Å². The molecule has 0 radical (unpaired) electrons. The highest BCUT2D eigenvalue weighted by atomic mass is 35.5. The Hall–Kier alpha value is -2.89. The zero-order valence-electron chi connectivity index (χ0n) is 15.7. The van der Waals surface area contributed by atoms with Crippen molar-refractivity contribution < 1.29 is 27.9 Å². The molecule has 0 bridgehead atoms. The second kappa shape index (κ2) is 10.4. The van der Waals surface area contributed by atoms with E-state index in [9.17, 15) is 18.0 Å². The van der Waals surface area contributed by atoms with Gasteiger partial charge in [-0.05, 0) is 23.3 Å². The quantitative estimate of drug-likeness (QED) is 0.519. The monoisotopic (exact) mass is 477 g/mol. The van der Waals surface area contributed by atoms with Crippen molar-refractivity contribution in [3.05, 3.63) is 63.5 Å². The topological polar surface area (TPSA) is 123 Å². The minimum Gasteiger partial charge on any atom is -0.475 e. The minimum atomic E-state index is -5.08. The van der Waals surface area contributed by atoms with Crippen molar-refractivity contribution >= 4 is 40.7 Å². The molecule has 0 unspecified atom stereocenters. The first-order chi connectivity index (χ1) is 14.5. The van der Waals surface area contributed by atoms with Crippen LogP contribution in [0.2, 0.25) is 10.0 Å². The zero-order chi connectivity index (χ0) is 23.2. The molecule has 0 atom stereocenters. The Balaban J connectivity index is 0.000000423. The number of aromatic nitrogens is 3. The standard InChI is InChI=1S/C16H15Cl2N5O.C2HF3O2/c17-13-2-1-10(6-14(13)18)5-11-7-21-15-12(8-22-23(15)9-11)16(24)20-4-3-19;3-2(4,5)1(6)7/h1-2,6-9H,3-5,19H2,(H,20,24);(H,6,7). The predicted octanol–water partition coefficient (Wildman–Crippen LogP) is 2.95. The molecule has 8 nitrogen and oxygen atoms in total. The van der Waals surface area contributed by atoms with Crippen LogP contribution in [0.25, 0.3) is 5.65 Å². The summed E-state index contributed by atoms with van der Waals surface area (Å²) in [7, 11) is 0. The average Bonchev–Trinajstić information content (AvgIpc) is 3.12. The van der Waals surface area contributed by atoms with Gasteiger partial charge in [-0.1, -0.05) is 29.3 Å². The number of alkyl halides is 3. The van der Waals surface area contributed by atoms with E-state index < -0.39 is 12.1 Å². The van der Waals surface area contributed by atoms with Crippen molar-refractivity contribution in [2.24, 2.45) is 5.73 Å². The molecule has 3 rings (SSSR count). The second-order valence-electron chi connectivity index (χ2n) is 6.06. The Bertz CT molecular complexity index is 1090. The number of nitrogens with one attached hydrogen (secondary N) is 1. The third-order valence-electron chi connectivity index (χ3n) is 3.72. The van der Waals surface area contributed by atoms with Gasteiger partial charge in [0.1, 0.15) is 5.56 Å². The van der Waals surface area contributed by atoms with Gasteiger partial charge >= 0.3 is 12.1 Å². The second-order valence-corrected chi connectivity index (χ2v) is 6.88. The lowest BCUT2D eigenvalue weighted by Gasteiger charge is -2.05. The van der Waals surface area contributed by atoms with Crippen molar-refractivity contribution in [1.82, 2.24) is 19.9 Å². The summed E-state index contributed by atoms with van der Waals surface area (Å²) < 4.78 is 33.3. The maximum atomic E-state index is 12.0. The molecular formula is C18H16Cl2F3N5O3. The molecule has 1 amide bonds. The molecule has 166 valence electrons. The Morgan fingerprint density at radius 1 is 1.16 bits per heavy atom. The minimum absolute atomic E-state index is 0.236. The van der Waals surface area contributed by atoms with Crippen LogP contribution in [0.1, 0.15) is 21.5 Å². The summed E-state index contributed by atoms with van der Waals surface area (Å²) in [5.74, 6) is -2.99.